The summed E-state index contributed by atoms with van der Waals surface area (Å²) in [5.74, 6) is -0.447. The van der Waals surface area contributed by atoms with Gasteiger partial charge in [-0.3, -0.25) is 14.7 Å². The lowest BCUT2D eigenvalue weighted by Crippen LogP contribution is -2.36. The fraction of sp³-hybridized carbons (Fsp3) is 0.375. The number of likely N-dealkylation sites (tertiary alicyclic amines) is 1. The molecule has 4 nitrogen and oxygen atoms in total. The van der Waals surface area contributed by atoms with Gasteiger partial charge in [-0.05, 0) is 43.7 Å². The average Bonchev–Trinajstić information content (AvgIpc) is 2.94. The van der Waals surface area contributed by atoms with Crippen molar-refractivity contribution in [1.82, 2.24) is 9.88 Å². The van der Waals surface area contributed by atoms with Gasteiger partial charge in [-0.25, -0.2) is 4.39 Å². The molecule has 1 aromatic carbocycles. The van der Waals surface area contributed by atoms with Crippen molar-refractivity contribution < 1.29 is 13.9 Å². The van der Waals surface area contributed by atoms with Gasteiger partial charge in [0.2, 0.25) is 0 Å². The highest BCUT2D eigenvalue weighted by atomic mass is 19.1. The lowest BCUT2D eigenvalue weighted by atomic mass is 10.2. The van der Waals surface area contributed by atoms with Crippen molar-refractivity contribution in [3.63, 3.8) is 0 Å². The molecule has 21 heavy (non-hydrogen) atoms. The zero-order valence-electron chi connectivity index (χ0n) is 11.9. The quantitative estimate of drug-likeness (QED) is 0.814. The number of fused-ring (bicyclic) bond motifs is 1. The Kier molecular flexibility index (Phi) is 3.84. The van der Waals surface area contributed by atoms with Crippen LogP contribution in [-0.4, -0.2) is 35.5 Å². The van der Waals surface area contributed by atoms with E-state index in [1.807, 2.05) is 12.1 Å². The maximum Gasteiger partial charge on any atom is 0.323 e. The Hall–Kier alpha value is -2.01. The molecule has 0 amide bonds. The predicted molar refractivity (Wildman–Crippen MR) is 77.1 cm³/mol. The summed E-state index contributed by atoms with van der Waals surface area (Å²) in [5.41, 5.74) is 1.65. The van der Waals surface area contributed by atoms with Crippen molar-refractivity contribution >= 4 is 16.9 Å². The molecule has 1 aliphatic heterocycles. The SMILES string of the molecule is COC(=O)[C@H]1CCCN1Cc1ccc2cc(F)ccc2n1. The minimum absolute atomic E-state index is 0.180. The lowest BCUT2D eigenvalue weighted by molar-refractivity contribution is -0.146. The topological polar surface area (TPSA) is 42.4 Å². The molecule has 0 radical (unpaired) electrons. The van der Waals surface area contributed by atoms with Crippen molar-refractivity contribution in [1.29, 1.82) is 0 Å². The first-order chi connectivity index (χ1) is 10.2. The highest BCUT2D eigenvalue weighted by molar-refractivity contribution is 5.78. The molecule has 2 aromatic rings. The van der Waals surface area contributed by atoms with E-state index in [1.165, 1.54) is 19.2 Å². The number of halogens is 1. The average molecular weight is 288 g/mol. The number of ether oxygens (including phenoxy) is 1. The van der Waals surface area contributed by atoms with E-state index in [0.717, 1.165) is 36.0 Å². The standard InChI is InChI=1S/C16H17FN2O2/c1-21-16(20)15-3-2-8-19(15)10-13-6-4-11-9-12(17)5-7-14(11)18-13/h4-7,9,15H,2-3,8,10H2,1H3/t15-/m1/s1. The Balaban J connectivity index is 1.81. The highest BCUT2D eigenvalue weighted by Gasteiger charge is 2.31. The van der Waals surface area contributed by atoms with Crippen LogP contribution in [0.1, 0.15) is 18.5 Å². The first-order valence-electron chi connectivity index (χ1n) is 7.04. The van der Waals surface area contributed by atoms with Crippen LogP contribution in [0.4, 0.5) is 4.39 Å². The maximum atomic E-state index is 13.2. The zero-order valence-corrected chi connectivity index (χ0v) is 11.9. The van der Waals surface area contributed by atoms with Gasteiger partial charge in [-0.2, -0.15) is 0 Å². The van der Waals surface area contributed by atoms with Gasteiger partial charge in [0.1, 0.15) is 11.9 Å². The number of methoxy groups -OCH3 is 1. The van der Waals surface area contributed by atoms with E-state index in [0.29, 0.717) is 6.54 Å². The molecule has 1 saturated heterocycles. The van der Waals surface area contributed by atoms with Crippen molar-refractivity contribution in [3.05, 3.63) is 41.8 Å². The molecule has 0 saturated carbocycles. The number of carbonyl (C=O) groups excluding carboxylic acids is 1. The Morgan fingerprint density at radius 2 is 2.29 bits per heavy atom. The normalized spacial score (nSPS) is 19.0. The van der Waals surface area contributed by atoms with E-state index in [1.54, 1.807) is 6.07 Å². The third-order valence-electron chi connectivity index (χ3n) is 3.91. The van der Waals surface area contributed by atoms with Gasteiger partial charge in [-0.1, -0.05) is 6.07 Å². The van der Waals surface area contributed by atoms with Gasteiger partial charge >= 0.3 is 5.97 Å². The van der Waals surface area contributed by atoms with Gasteiger partial charge in [0.05, 0.1) is 18.3 Å². The van der Waals surface area contributed by atoms with Gasteiger partial charge in [0.15, 0.2) is 0 Å². The summed E-state index contributed by atoms with van der Waals surface area (Å²) in [4.78, 5) is 18.4. The van der Waals surface area contributed by atoms with Crippen LogP contribution in [0.2, 0.25) is 0 Å². The number of pyridine rings is 1. The van der Waals surface area contributed by atoms with Crippen LogP contribution in [0.15, 0.2) is 30.3 Å². The van der Waals surface area contributed by atoms with Gasteiger partial charge in [-0.15, -0.1) is 0 Å². The lowest BCUT2D eigenvalue weighted by Gasteiger charge is -2.21. The molecule has 0 aliphatic carbocycles. The molecule has 110 valence electrons. The van der Waals surface area contributed by atoms with E-state index in [-0.39, 0.29) is 17.8 Å². The summed E-state index contributed by atoms with van der Waals surface area (Å²) in [6.07, 6.45) is 1.81. The number of aromatic nitrogens is 1. The molecule has 0 N–H and O–H groups in total. The van der Waals surface area contributed by atoms with Crippen LogP contribution in [-0.2, 0) is 16.1 Å². The third kappa shape index (κ3) is 2.88. The van der Waals surface area contributed by atoms with Gasteiger partial charge < -0.3 is 4.74 Å². The zero-order chi connectivity index (χ0) is 14.8. The fourth-order valence-corrected chi connectivity index (χ4v) is 2.85. The Bertz CT molecular complexity index is 674. The Labute approximate surface area is 122 Å². The van der Waals surface area contributed by atoms with Crippen LogP contribution in [0.5, 0.6) is 0 Å². The van der Waals surface area contributed by atoms with E-state index in [4.69, 9.17) is 4.74 Å². The molecular formula is C16H17FN2O2. The number of carbonyl (C=O) groups is 1. The van der Waals surface area contributed by atoms with Crippen LogP contribution in [0.3, 0.4) is 0 Å². The van der Waals surface area contributed by atoms with E-state index in [2.05, 4.69) is 9.88 Å². The van der Waals surface area contributed by atoms with E-state index in [9.17, 15) is 9.18 Å². The maximum absolute atomic E-state index is 13.2. The molecule has 1 aromatic heterocycles. The number of hydrogen-bond donors (Lipinski definition) is 0. The summed E-state index contributed by atoms with van der Waals surface area (Å²) in [5, 5.41) is 0.782. The highest BCUT2D eigenvalue weighted by Crippen LogP contribution is 2.21. The molecule has 1 aliphatic rings. The summed E-state index contributed by atoms with van der Waals surface area (Å²) in [6.45, 7) is 1.47. The molecule has 1 atom stereocenters. The molecule has 3 rings (SSSR count). The number of benzene rings is 1. The number of rotatable bonds is 3. The summed E-state index contributed by atoms with van der Waals surface area (Å²) in [6, 6.07) is 8.13. The second kappa shape index (κ2) is 5.77. The third-order valence-corrected chi connectivity index (χ3v) is 3.91. The molecule has 0 unspecified atom stereocenters. The summed E-state index contributed by atoms with van der Waals surface area (Å²) in [7, 11) is 1.42. The first-order valence-corrected chi connectivity index (χ1v) is 7.04. The summed E-state index contributed by atoms with van der Waals surface area (Å²) >= 11 is 0. The Morgan fingerprint density at radius 1 is 1.43 bits per heavy atom. The second-order valence-electron chi connectivity index (χ2n) is 5.29. The molecule has 0 bridgehead atoms. The number of hydrogen-bond acceptors (Lipinski definition) is 4. The number of nitrogens with zero attached hydrogens (tertiary/aromatic N) is 2. The van der Waals surface area contributed by atoms with Crippen LogP contribution in [0.25, 0.3) is 10.9 Å². The van der Waals surface area contributed by atoms with Crippen molar-refractivity contribution in [3.8, 4) is 0 Å². The largest absolute Gasteiger partial charge is 0.468 e. The van der Waals surface area contributed by atoms with E-state index >= 15 is 0 Å². The predicted octanol–water partition coefficient (Wildman–Crippen LogP) is 2.51. The van der Waals surface area contributed by atoms with E-state index < -0.39 is 0 Å². The van der Waals surface area contributed by atoms with Crippen molar-refractivity contribution in [2.24, 2.45) is 0 Å². The summed E-state index contributed by atoms with van der Waals surface area (Å²) < 4.78 is 18.0. The van der Waals surface area contributed by atoms with Gasteiger partial charge in [0.25, 0.3) is 0 Å². The molecule has 0 spiro atoms. The Morgan fingerprint density at radius 3 is 3.10 bits per heavy atom. The van der Waals surface area contributed by atoms with Crippen LogP contribution < -0.4 is 0 Å². The molecule has 2 heterocycles. The molecular weight excluding hydrogens is 271 g/mol. The first kappa shape index (κ1) is 13.9. The number of esters is 1. The minimum atomic E-state index is -0.262. The molecule has 5 heteroatoms. The van der Waals surface area contributed by atoms with Crippen molar-refractivity contribution in [2.75, 3.05) is 13.7 Å². The van der Waals surface area contributed by atoms with Crippen LogP contribution >= 0.6 is 0 Å². The monoisotopic (exact) mass is 288 g/mol. The van der Waals surface area contributed by atoms with Crippen molar-refractivity contribution in [2.45, 2.75) is 25.4 Å². The molecule has 1 fully saturated rings. The smallest absolute Gasteiger partial charge is 0.323 e. The minimum Gasteiger partial charge on any atom is -0.468 e. The van der Waals surface area contributed by atoms with Crippen LogP contribution in [0, 0.1) is 5.82 Å². The van der Waals surface area contributed by atoms with Gasteiger partial charge in [0, 0.05) is 11.9 Å². The fourth-order valence-electron chi connectivity index (χ4n) is 2.85. The second-order valence-corrected chi connectivity index (χ2v) is 5.29.